The predicted molar refractivity (Wildman–Crippen MR) is 81.2 cm³/mol. The molecule has 0 saturated carbocycles. The van der Waals surface area contributed by atoms with Crippen LogP contribution in [-0.2, 0) is 28.5 Å². The average molecular weight is 328 g/mol. The highest BCUT2D eigenvalue weighted by Gasteiger charge is 1.98. The van der Waals surface area contributed by atoms with E-state index in [0.29, 0.717) is 45.0 Å². The lowest BCUT2D eigenvalue weighted by atomic mass is 10.2. The van der Waals surface area contributed by atoms with Gasteiger partial charge in [-0.2, -0.15) is 5.26 Å². The van der Waals surface area contributed by atoms with Crippen LogP contribution in [0.4, 0.5) is 0 Å². The van der Waals surface area contributed by atoms with Gasteiger partial charge in [0.15, 0.2) is 0 Å². The van der Waals surface area contributed by atoms with Crippen LogP contribution in [0.2, 0.25) is 0 Å². The number of amides is 1. The number of nitriles is 1. The molecule has 8 nitrogen and oxygen atoms in total. The van der Waals surface area contributed by atoms with Crippen LogP contribution < -0.4 is 5.32 Å². The van der Waals surface area contributed by atoms with Crippen molar-refractivity contribution in [2.24, 2.45) is 0 Å². The molecule has 0 saturated heterocycles. The van der Waals surface area contributed by atoms with E-state index in [1.165, 1.54) is 20.1 Å². The van der Waals surface area contributed by atoms with E-state index in [1.54, 1.807) is 0 Å². The molecule has 0 atom stereocenters. The number of carbonyl (C=O) groups is 2. The minimum absolute atomic E-state index is 0.0873. The predicted octanol–water partition coefficient (Wildman–Crippen LogP) is 0.533. The number of carbonyl (C=O) groups excluding carboxylic acids is 2. The molecule has 8 heteroatoms. The molecule has 0 aromatic carbocycles. The van der Waals surface area contributed by atoms with Gasteiger partial charge in [0.25, 0.3) is 0 Å². The molecule has 0 radical (unpaired) electrons. The summed E-state index contributed by atoms with van der Waals surface area (Å²) in [5.74, 6) is -0.457. The van der Waals surface area contributed by atoms with Gasteiger partial charge in [0.05, 0.1) is 44.3 Å². The maximum absolute atomic E-state index is 10.6. The molecule has 1 amide bonds. The summed E-state index contributed by atoms with van der Waals surface area (Å²) < 4.78 is 20.4. The first-order valence-electron chi connectivity index (χ1n) is 7.30. The van der Waals surface area contributed by atoms with Crippen molar-refractivity contribution in [2.45, 2.75) is 20.3 Å². The SMILES string of the molecule is CC(=O)NCCOCCOCC/C(C#N)=C/OCCOC(C)=O. The van der Waals surface area contributed by atoms with E-state index in [9.17, 15) is 9.59 Å². The molecule has 0 aromatic rings. The van der Waals surface area contributed by atoms with E-state index in [1.807, 2.05) is 6.07 Å². The highest BCUT2D eigenvalue weighted by atomic mass is 16.6. The minimum Gasteiger partial charge on any atom is -0.497 e. The standard InChI is InChI=1S/C15H24N2O6/c1-13(18)17-4-6-21-8-7-20-5-3-15(11-16)12-22-9-10-23-14(2)19/h12H,3-10H2,1-2H3,(H,17,18)/b15-12-. The van der Waals surface area contributed by atoms with E-state index < -0.39 is 0 Å². The number of nitrogens with one attached hydrogen (secondary N) is 1. The number of ether oxygens (including phenoxy) is 4. The molecule has 130 valence electrons. The van der Waals surface area contributed by atoms with E-state index in [2.05, 4.69) is 10.1 Å². The molecular weight excluding hydrogens is 304 g/mol. The smallest absolute Gasteiger partial charge is 0.302 e. The van der Waals surface area contributed by atoms with Gasteiger partial charge in [0.1, 0.15) is 13.2 Å². The average Bonchev–Trinajstić information content (AvgIpc) is 2.50. The highest BCUT2D eigenvalue weighted by Crippen LogP contribution is 2.00. The zero-order valence-electron chi connectivity index (χ0n) is 13.6. The second-order valence-electron chi connectivity index (χ2n) is 4.42. The van der Waals surface area contributed by atoms with E-state index in [0.717, 1.165) is 0 Å². The van der Waals surface area contributed by atoms with Gasteiger partial charge in [0.2, 0.25) is 5.91 Å². The Morgan fingerprint density at radius 3 is 2.35 bits per heavy atom. The Morgan fingerprint density at radius 1 is 1.04 bits per heavy atom. The van der Waals surface area contributed by atoms with Crippen molar-refractivity contribution < 1.29 is 28.5 Å². The van der Waals surface area contributed by atoms with Crippen LogP contribution in [0.25, 0.3) is 0 Å². The molecule has 0 heterocycles. The van der Waals surface area contributed by atoms with E-state index in [-0.39, 0.29) is 25.1 Å². The number of rotatable bonds is 13. The Balaban J connectivity index is 3.51. The Kier molecular flexibility index (Phi) is 13.5. The number of esters is 1. The molecule has 1 N–H and O–H groups in total. The third kappa shape index (κ3) is 16.1. The van der Waals surface area contributed by atoms with Crippen molar-refractivity contribution in [1.29, 1.82) is 5.26 Å². The van der Waals surface area contributed by atoms with Crippen LogP contribution in [0.15, 0.2) is 11.8 Å². The Morgan fingerprint density at radius 2 is 1.74 bits per heavy atom. The molecule has 0 aliphatic heterocycles. The fourth-order valence-corrected chi connectivity index (χ4v) is 1.34. The largest absolute Gasteiger partial charge is 0.497 e. The summed E-state index contributed by atoms with van der Waals surface area (Å²) in [5.41, 5.74) is 0.444. The van der Waals surface area contributed by atoms with Gasteiger partial charge in [-0.1, -0.05) is 0 Å². The lowest BCUT2D eigenvalue weighted by Crippen LogP contribution is -2.24. The zero-order valence-corrected chi connectivity index (χ0v) is 13.6. The first-order chi connectivity index (χ1) is 11.1. The number of hydrogen-bond donors (Lipinski definition) is 1. The van der Waals surface area contributed by atoms with Gasteiger partial charge in [-0.15, -0.1) is 0 Å². The van der Waals surface area contributed by atoms with Crippen LogP contribution >= 0.6 is 0 Å². The molecular formula is C15H24N2O6. The molecule has 0 fully saturated rings. The van der Waals surface area contributed by atoms with Crippen molar-refractivity contribution in [3.8, 4) is 6.07 Å². The fourth-order valence-electron chi connectivity index (χ4n) is 1.34. The first-order valence-corrected chi connectivity index (χ1v) is 7.30. The first kappa shape index (κ1) is 20.9. The maximum atomic E-state index is 10.6. The van der Waals surface area contributed by atoms with Crippen LogP contribution in [-0.4, -0.2) is 58.1 Å². The third-order valence-corrected chi connectivity index (χ3v) is 2.38. The molecule has 0 unspecified atom stereocenters. The molecule has 0 aliphatic rings. The summed E-state index contributed by atoms with van der Waals surface area (Å²) in [6.07, 6.45) is 1.77. The molecule has 0 bridgehead atoms. The fraction of sp³-hybridized carbons (Fsp3) is 0.667. The van der Waals surface area contributed by atoms with Gasteiger partial charge in [-0.25, -0.2) is 0 Å². The van der Waals surface area contributed by atoms with Crippen molar-refractivity contribution in [1.82, 2.24) is 5.32 Å². The topological polar surface area (TPSA) is 107 Å². The summed E-state index contributed by atoms with van der Waals surface area (Å²) in [5, 5.41) is 11.5. The van der Waals surface area contributed by atoms with E-state index in [4.69, 9.17) is 19.5 Å². The highest BCUT2D eigenvalue weighted by molar-refractivity contribution is 5.72. The Labute approximate surface area is 136 Å². The van der Waals surface area contributed by atoms with E-state index >= 15 is 0 Å². The summed E-state index contributed by atoms with van der Waals surface area (Å²) >= 11 is 0. The number of nitrogens with zero attached hydrogens (tertiary/aromatic N) is 1. The molecule has 0 spiro atoms. The van der Waals surface area contributed by atoms with Crippen LogP contribution in [0.1, 0.15) is 20.3 Å². The second-order valence-corrected chi connectivity index (χ2v) is 4.42. The summed E-state index contributed by atoms with van der Waals surface area (Å²) in [7, 11) is 0. The minimum atomic E-state index is -0.370. The Hall–Kier alpha value is -2.11. The molecule has 0 rings (SSSR count). The summed E-state index contributed by atoms with van der Waals surface area (Å²) in [4.78, 5) is 21.1. The van der Waals surface area contributed by atoms with Crippen molar-refractivity contribution in [2.75, 3.05) is 46.2 Å². The van der Waals surface area contributed by atoms with Gasteiger partial charge in [-0.3, -0.25) is 9.59 Å². The third-order valence-electron chi connectivity index (χ3n) is 2.38. The van der Waals surface area contributed by atoms with Gasteiger partial charge >= 0.3 is 5.97 Å². The van der Waals surface area contributed by atoms with Gasteiger partial charge in [0, 0.05) is 26.8 Å². The van der Waals surface area contributed by atoms with Crippen molar-refractivity contribution in [3.63, 3.8) is 0 Å². The lowest BCUT2D eigenvalue weighted by Gasteiger charge is -2.06. The Bertz CT molecular complexity index is 417. The normalized spacial score (nSPS) is 10.7. The second kappa shape index (κ2) is 14.8. The zero-order chi connectivity index (χ0) is 17.3. The number of hydrogen-bond acceptors (Lipinski definition) is 7. The van der Waals surface area contributed by atoms with Crippen LogP contribution in [0.3, 0.4) is 0 Å². The summed E-state index contributed by atoms with van der Waals surface area (Å²) in [6.45, 7) is 5.23. The van der Waals surface area contributed by atoms with Gasteiger partial charge in [-0.05, 0) is 0 Å². The van der Waals surface area contributed by atoms with Crippen molar-refractivity contribution >= 4 is 11.9 Å². The quantitative estimate of drug-likeness (QED) is 0.227. The monoisotopic (exact) mass is 328 g/mol. The molecule has 0 aromatic heterocycles. The lowest BCUT2D eigenvalue weighted by molar-refractivity contribution is -0.141. The van der Waals surface area contributed by atoms with Gasteiger partial charge < -0.3 is 24.3 Å². The van der Waals surface area contributed by atoms with Crippen molar-refractivity contribution in [3.05, 3.63) is 11.8 Å². The molecule has 23 heavy (non-hydrogen) atoms. The molecule has 0 aliphatic carbocycles. The maximum Gasteiger partial charge on any atom is 0.302 e. The van der Waals surface area contributed by atoms with Crippen LogP contribution in [0, 0.1) is 11.3 Å². The van der Waals surface area contributed by atoms with Crippen LogP contribution in [0.5, 0.6) is 0 Å². The summed E-state index contributed by atoms with van der Waals surface area (Å²) in [6, 6.07) is 2.01.